The first-order chi connectivity index (χ1) is 13.1. The lowest BCUT2D eigenvalue weighted by atomic mass is 10.1. The van der Waals surface area contributed by atoms with Crippen molar-refractivity contribution in [1.29, 1.82) is 0 Å². The van der Waals surface area contributed by atoms with Crippen molar-refractivity contribution in [2.75, 3.05) is 11.9 Å². The number of anilines is 1. The minimum absolute atomic E-state index is 0.0628. The summed E-state index contributed by atoms with van der Waals surface area (Å²) in [5, 5.41) is 5.31. The van der Waals surface area contributed by atoms with Gasteiger partial charge in [0.2, 0.25) is 0 Å². The lowest BCUT2D eigenvalue weighted by Crippen LogP contribution is -2.20. The average molecular weight is 378 g/mol. The van der Waals surface area contributed by atoms with Crippen molar-refractivity contribution >= 4 is 22.4 Å². The number of aryl methyl sites for hydroxylation is 2. The first-order valence-corrected chi connectivity index (χ1v) is 9.59. The molecule has 3 rings (SSSR count). The van der Waals surface area contributed by atoms with Gasteiger partial charge >= 0.3 is 0 Å². The van der Waals surface area contributed by atoms with Crippen molar-refractivity contribution in [2.45, 2.75) is 20.3 Å². The van der Waals surface area contributed by atoms with Gasteiger partial charge in [-0.05, 0) is 49.1 Å². The minimum Gasteiger partial charge on any atom is -0.483 e. The molecular formula is C22H22N2O2S. The zero-order valence-corrected chi connectivity index (χ0v) is 16.3. The van der Waals surface area contributed by atoms with Gasteiger partial charge in [0, 0.05) is 10.9 Å². The van der Waals surface area contributed by atoms with E-state index >= 15 is 0 Å². The minimum atomic E-state index is -0.232. The van der Waals surface area contributed by atoms with Crippen molar-refractivity contribution in [3.05, 3.63) is 77.2 Å². The highest BCUT2D eigenvalue weighted by Gasteiger charge is 2.10. The topological polar surface area (TPSA) is 51.2 Å². The van der Waals surface area contributed by atoms with Crippen LogP contribution in [0.3, 0.4) is 0 Å². The van der Waals surface area contributed by atoms with Gasteiger partial charge in [0.25, 0.3) is 5.91 Å². The summed E-state index contributed by atoms with van der Waals surface area (Å²) in [6.07, 6.45) is 2.51. The Kier molecular flexibility index (Phi) is 6.04. The second-order valence-corrected chi connectivity index (χ2v) is 7.13. The molecule has 0 bridgehead atoms. The smallest absolute Gasteiger partial charge is 0.264 e. The van der Waals surface area contributed by atoms with Crippen molar-refractivity contribution in [2.24, 2.45) is 0 Å². The predicted molar refractivity (Wildman–Crippen MR) is 111 cm³/mol. The molecule has 0 atom stereocenters. The van der Waals surface area contributed by atoms with E-state index in [1.165, 1.54) is 22.5 Å². The van der Waals surface area contributed by atoms with E-state index in [0.717, 1.165) is 16.8 Å². The molecular weight excluding hydrogens is 356 g/mol. The third-order valence-electron chi connectivity index (χ3n) is 4.25. The monoisotopic (exact) mass is 378 g/mol. The molecule has 3 aromatic rings. The molecule has 1 N–H and O–H groups in total. The lowest BCUT2D eigenvalue weighted by molar-refractivity contribution is -0.118. The summed E-state index contributed by atoms with van der Waals surface area (Å²) < 4.78 is 5.66. The number of carbonyl (C=O) groups is 1. The number of para-hydroxylation sites is 1. The normalized spacial score (nSPS) is 10.4. The maximum atomic E-state index is 12.2. The fourth-order valence-electron chi connectivity index (χ4n) is 2.63. The van der Waals surface area contributed by atoms with Gasteiger partial charge < -0.3 is 4.74 Å². The van der Waals surface area contributed by atoms with Crippen molar-refractivity contribution < 1.29 is 9.53 Å². The fraction of sp³-hybridized carbons (Fsp3) is 0.182. The van der Waals surface area contributed by atoms with Crippen LogP contribution >= 0.6 is 11.3 Å². The molecule has 0 spiro atoms. The Morgan fingerprint density at radius 3 is 2.81 bits per heavy atom. The van der Waals surface area contributed by atoms with E-state index in [2.05, 4.69) is 42.9 Å². The second kappa shape index (κ2) is 8.64. The van der Waals surface area contributed by atoms with Crippen LogP contribution in [-0.2, 0) is 11.2 Å². The third-order valence-corrected chi connectivity index (χ3v) is 5.01. The lowest BCUT2D eigenvalue weighted by Gasteiger charge is -2.09. The van der Waals surface area contributed by atoms with E-state index in [-0.39, 0.29) is 12.5 Å². The molecule has 0 saturated carbocycles. The van der Waals surface area contributed by atoms with Crippen molar-refractivity contribution in [3.8, 4) is 17.0 Å². The highest BCUT2D eigenvalue weighted by atomic mass is 32.1. The number of ether oxygens (including phenoxy) is 1. The molecule has 138 valence electrons. The Hall–Kier alpha value is -2.92. The Morgan fingerprint density at radius 2 is 2.04 bits per heavy atom. The maximum absolute atomic E-state index is 12.2. The number of nitrogens with zero attached hydrogens (tertiary/aromatic N) is 1. The van der Waals surface area contributed by atoms with Crippen LogP contribution in [0.25, 0.3) is 11.3 Å². The Bertz CT molecular complexity index is 962. The summed E-state index contributed by atoms with van der Waals surface area (Å²) in [5.41, 5.74) is 5.38. The molecule has 1 heterocycles. The van der Waals surface area contributed by atoms with Crippen LogP contribution in [0.2, 0.25) is 0 Å². The predicted octanol–water partition coefficient (Wildman–Crippen LogP) is 5.17. The van der Waals surface area contributed by atoms with E-state index in [9.17, 15) is 4.79 Å². The van der Waals surface area contributed by atoms with Crippen LogP contribution in [0.1, 0.15) is 16.7 Å². The summed E-state index contributed by atoms with van der Waals surface area (Å²) in [7, 11) is 0. The quantitative estimate of drug-likeness (QED) is 0.577. The summed E-state index contributed by atoms with van der Waals surface area (Å²) in [6, 6.07) is 13.9. The number of rotatable bonds is 7. The number of carbonyl (C=O) groups excluding carboxylic acids is 1. The molecule has 0 aliphatic heterocycles. The van der Waals surface area contributed by atoms with Crippen LogP contribution < -0.4 is 10.1 Å². The standard InChI is InChI=1S/C22H22N2O2S/c1-4-7-17-8-5-6-9-20(17)26-13-21(25)24-22-23-19(14-27-22)18-11-10-15(2)16(3)12-18/h4-6,8-12,14H,1,7,13H2,2-3H3,(H,23,24,25). The first-order valence-electron chi connectivity index (χ1n) is 8.71. The van der Waals surface area contributed by atoms with Crippen LogP contribution in [0.15, 0.2) is 60.5 Å². The number of aromatic nitrogens is 1. The Balaban J connectivity index is 1.61. The fourth-order valence-corrected chi connectivity index (χ4v) is 3.37. The summed E-state index contributed by atoms with van der Waals surface area (Å²) >= 11 is 1.40. The van der Waals surface area contributed by atoms with Crippen LogP contribution in [0.4, 0.5) is 5.13 Å². The number of benzene rings is 2. The number of nitrogens with one attached hydrogen (secondary N) is 1. The van der Waals surface area contributed by atoms with E-state index in [4.69, 9.17) is 4.74 Å². The van der Waals surface area contributed by atoms with Gasteiger partial charge in [-0.2, -0.15) is 0 Å². The summed E-state index contributed by atoms with van der Waals surface area (Å²) in [4.78, 5) is 16.7. The summed E-state index contributed by atoms with van der Waals surface area (Å²) in [5.74, 6) is 0.465. The first kappa shape index (κ1) is 18.9. The molecule has 1 aromatic heterocycles. The van der Waals surface area contributed by atoms with Crippen LogP contribution in [0, 0.1) is 13.8 Å². The molecule has 0 aliphatic rings. The number of hydrogen-bond donors (Lipinski definition) is 1. The average Bonchev–Trinajstić information content (AvgIpc) is 3.12. The van der Waals surface area contributed by atoms with Gasteiger partial charge in [0.05, 0.1) is 5.69 Å². The van der Waals surface area contributed by atoms with Crippen molar-refractivity contribution in [1.82, 2.24) is 4.98 Å². The van der Waals surface area contributed by atoms with Crippen LogP contribution in [-0.4, -0.2) is 17.5 Å². The van der Waals surface area contributed by atoms with Gasteiger partial charge in [-0.25, -0.2) is 4.98 Å². The highest BCUT2D eigenvalue weighted by molar-refractivity contribution is 7.14. The Labute approximate surface area is 163 Å². The van der Waals surface area contributed by atoms with E-state index in [0.29, 0.717) is 17.3 Å². The molecule has 0 fully saturated rings. The van der Waals surface area contributed by atoms with Gasteiger partial charge in [-0.15, -0.1) is 17.9 Å². The zero-order chi connectivity index (χ0) is 19.2. The molecule has 2 aromatic carbocycles. The number of amides is 1. The highest BCUT2D eigenvalue weighted by Crippen LogP contribution is 2.26. The molecule has 4 nitrogen and oxygen atoms in total. The number of allylic oxidation sites excluding steroid dienone is 1. The molecule has 0 aliphatic carbocycles. The zero-order valence-electron chi connectivity index (χ0n) is 15.5. The van der Waals surface area contributed by atoms with Gasteiger partial charge in [0.1, 0.15) is 5.75 Å². The molecule has 27 heavy (non-hydrogen) atoms. The van der Waals surface area contributed by atoms with E-state index < -0.39 is 0 Å². The molecule has 0 saturated heterocycles. The third kappa shape index (κ3) is 4.83. The molecule has 0 radical (unpaired) electrons. The maximum Gasteiger partial charge on any atom is 0.264 e. The van der Waals surface area contributed by atoms with Crippen molar-refractivity contribution in [3.63, 3.8) is 0 Å². The number of hydrogen-bond acceptors (Lipinski definition) is 4. The Morgan fingerprint density at radius 1 is 1.22 bits per heavy atom. The molecule has 0 unspecified atom stereocenters. The second-order valence-electron chi connectivity index (χ2n) is 6.27. The SMILES string of the molecule is C=CCc1ccccc1OCC(=O)Nc1nc(-c2ccc(C)c(C)c2)cs1. The van der Waals surface area contributed by atoms with E-state index in [1.807, 2.05) is 41.8 Å². The molecule has 5 heteroatoms. The van der Waals surface area contributed by atoms with Crippen LogP contribution in [0.5, 0.6) is 5.75 Å². The number of thiazole rings is 1. The van der Waals surface area contributed by atoms with Gasteiger partial charge in [-0.1, -0.05) is 36.4 Å². The molecule has 1 amide bonds. The van der Waals surface area contributed by atoms with Gasteiger partial charge in [-0.3, -0.25) is 10.1 Å². The summed E-state index contributed by atoms with van der Waals surface area (Å²) in [6.45, 7) is 7.84. The largest absolute Gasteiger partial charge is 0.483 e. The van der Waals surface area contributed by atoms with E-state index in [1.54, 1.807) is 0 Å². The van der Waals surface area contributed by atoms with Gasteiger partial charge in [0.15, 0.2) is 11.7 Å².